The zero-order valence-electron chi connectivity index (χ0n) is 22.1. The van der Waals surface area contributed by atoms with E-state index in [4.69, 9.17) is 0 Å². The zero-order valence-corrected chi connectivity index (χ0v) is 23.7. The van der Waals surface area contributed by atoms with Gasteiger partial charge >= 0.3 is 0 Å². The molecule has 4 aromatic rings. The van der Waals surface area contributed by atoms with Crippen LogP contribution in [-0.4, -0.2) is 59.8 Å². The van der Waals surface area contributed by atoms with Crippen molar-refractivity contribution in [3.8, 4) is 11.1 Å². The van der Waals surface area contributed by atoms with E-state index in [-0.39, 0.29) is 35.8 Å². The number of aromatic nitrogens is 5. The van der Waals surface area contributed by atoms with E-state index in [1.165, 1.54) is 6.92 Å². The fraction of sp³-hybridized carbons (Fsp3) is 0.321. The Morgan fingerprint density at radius 1 is 1.08 bits per heavy atom. The van der Waals surface area contributed by atoms with Crippen LogP contribution in [-0.2, 0) is 16.1 Å². The van der Waals surface area contributed by atoms with Crippen LogP contribution in [0.1, 0.15) is 42.1 Å². The average Bonchev–Trinajstić information content (AvgIpc) is 3.47. The van der Waals surface area contributed by atoms with Crippen LogP contribution in [0.3, 0.4) is 0 Å². The molecule has 3 aromatic heterocycles. The maximum atomic E-state index is 13.6. The lowest BCUT2D eigenvalue weighted by Crippen LogP contribution is -2.44. The van der Waals surface area contributed by atoms with Crippen LogP contribution in [0.15, 0.2) is 47.3 Å². The second-order valence-corrected chi connectivity index (χ2v) is 10.8. The molecule has 4 heterocycles. The fourth-order valence-electron chi connectivity index (χ4n) is 4.90. The number of likely N-dealkylation sites (tertiary alicyclic amines) is 1. The maximum Gasteiger partial charge on any atom is 0.248 e. The number of anilines is 1. The van der Waals surface area contributed by atoms with Gasteiger partial charge in [-0.05, 0) is 71.4 Å². The average molecular weight is 590 g/mol. The largest absolute Gasteiger partial charge is 0.329 e. The Hall–Kier alpha value is -3.99. The van der Waals surface area contributed by atoms with Crippen LogP contribution in [0.25, 0.3) is 22.0 Å². The van der Waals surface area contributed by atoms with E-state index in [2.05, 4.69) is 41.3 Å². The summed E-state index contributed by atoms with van der Waals surface area (Å²) in [5.41, 5.74) is 3.43. The SMILES string of the molecule is CC(=O)c1nn(CC(=O)N2C[C@@H](C)C[C@H]2C(=O)Nc2nc(Br)ccc2C)c2ccc(-c3cnc(C)nc3)cc12. The molecule has 1 fully saturated rings. The van der Waals surface area contributed by atoms with Crippen molar-refractivity contribution in [3.63, 3.8) is 0 Å². The van der Waals surface area contributed by atoms with Crippen LogP contribution in [0.5, 0.6) is 0 Å². The lowest BCUT2D eigenvalue weighted by atomic mass is 10.0. The molecule has 2 amide bonds. The third kappa shape index (κ3) is 5.44. The molecule has 1 N–H and O–H groups in total. The minimum Gasteiger partial charge on any atom is -0.329 e. The Balaban J connectivity index is 1.41. The molecule has 0 bridgehead atoms. The van der Waals surface area contributed by atoms with Gasteiger partial charge in [0.05, 0.1) is 5.52 Å². The first-order chi connectivity index (χ1) is 18.6. The van der Waals surface area contributed by atoms with Gasteiger partial charge in [0.2, 0.25) is 11.8 Å². The molecule has 0 spiro atoms. The van der Waals surface area contributed by atoms with E-state index in [0.717, 1.165) is 16.7 Å². The number of ketones is 1. The summed E-state index contributed by atoms with van der Waals surface area (Å²) < 4.78 is 2.16. The molecule has 10 nitrogen and oxygen atoms in total. The molecule has 0 radical (unpaired) electrons. The number of nitrogens with one attached hydrogen (secondary N) is 1. The smallest absolute Gasteiger partial charge is 0.248 e. The fourth-order valence-corrected chi connectivity index (χ4v) is 5.21. The number of Topliss-reactive ketones (excluding diaryl/α,β-unsaturated/α-hetero) is 1. The predicted octanol–water partition coefficient (Wildman–Crippen LogP) is 4.35. The number of hydrogen-bond acceptors (Lipinski definition) is 7. The van der Waals surface area contributed by atoms with Crippen LogP contribution in [0.2, 0.25) is 0 Å². The van der Waals surface area contributed by atoms with Crippen LogP contribution in [0.4, 0.5) is 5.82 Å². The van der Waals surface area contributed by atoms with Crippen LogP contribution >= 0.6 is 15.9 Å². The van der Waals surface area contributed by atoms with E-state index in [1.54, 1.807) is 28.0 Å². The molecule has 1 aromatic carbocycles. The van der Waals surface area contributed by atoms with Crippen molar-refractivity contribution in [1.29, 1.82) is 0 Å². The van der Waals surface area contributed by atoms with E-state index in [0.29, 0.717) is 40.1 Å². The van der Waals surface area contributed by atoms with E-state index >= 15 is 0 Å². The molecule has 39 heavy (non-hydrogen) atoms. The first-order valence-corrected chi connectivity index (χ1v) is 13.4. The maximum absolute atomic E-state index is 13.6. The van der Waals surface area contributed by atoms with Crippen molar-refractivity contribution in [1.82, 2.24) is 29.6 Å². The second kappa shape index (κ2) is 10.6. The summed E-state index contributed by atoms with van der Waals surface area (Å²) in [5.74, 6) is 0.562. The molecular formula is C28H28BrN7O3. The topological polar surface area (TPSA) is 123 Å². The van der Waals surface area contributed by atoms with Crippen LogP contribution < -0.4 is 5.32 Å². The Bertz CT molecular complexity index is 1600. The van der Waals surface area contributed by atoms with Gasteiger partial charge in [0.1, 0.15) is 34.5 Å². The number of benzene rings is 1. The van der Waals surface area contributed by atoms with Crippen molar-refractivity contribution in [3.05, 3.63) is 64.4 Å². The highest BCUT2D eigenvalue weighted by atomic mass is 79.9. The highest BCUT2D eigenvalue weighted by molar-refractivity contribution is 9.10. The summed E-state index contributed by atoms with van der Waals surface area (Å²) >= 11 is 3.34. The third-order valence-corrected chi connectivity index (χ3v) is 7.36. The quantitative estimate of drug-likeness (QED) is 0.262. The number of hydrogen-bond donors (Lipinski definition) is 1. The molecule has 200 valence electrons. The summed E-state index contributed by atoms with van der Waals surface area (Å²) in [6.45, 7) is 7.51. The van der Waals surface area contributed by atoms with Gasteiger partial charge in [0.15, 0.2) is 5.78 Å². The molecule has 0 saturated carbocycles. The van der Waals surface area contributed by atoms with Gasteiger partial charge in [-0.1, -0.05) is 19.1 Å². The Labute approximate surface area is 234 Å². The summed E-state index contributed by atoms with van der Waals surface area (Å²) in [6, 6.07) is 8.64. The van der Waals surface area contributed by atoms with Gasteiger partial charge in [-0.2, -0.15) is 5.10 Å². The van der Waals surface area contributed by atoms with Crippen molar-refractivity contribution < 1.29 is 14.4 Å². The molecule has 1 aliphatic heterocycles. The molecule has 11 heteroatoms. The molecule has 1 aliphatic rings. The molecule has 5 rings (SSSR count). The Kier molecular flexibility index (Phi) is 7.26. The number of carbonyl (C=O) groups excluding carboxylic acids is 3. The van der Waals surface area contributed by atoms with Gasteiger partial charge in [0.25, 0.3) is 0 Å². The first-order valence-electron chi connectivity index (χ1n) is 12.6. The number of nitrogens with zero attached hydrogens (tertiary/aromatic N) is 6. The molecule has 1 saturated heterocycles. The second-order valence-electron chi connectivity index (χ2n) is 10.0. The Morgan fingerprint density at radius 2 is 1.82 bits per heavy atom. The molecular weight excluding hydrogens is 562 g/mol. The highest BCUT2D eigenvalue weighted by Gasteiger charge is 2.38. The van der Waals surface area contributed by atoms with Crippen molar-refractivity contribution in [2.75, 3.05) is 11.9 Å². The number of carbonyl (C=O) groups is 3. The predicted molar refractivity (Wildman–Crippen MR) is 150 cm³/mol. The normalized spacial score (nSPS) is 17.0. The zero-order chi connectivity index (χ0) is 27.8. The molecule has 2 atom stereocenters. The minimum absolute atomic E-state index is 0.0958. The number of amides is 2. The van der Waals surface area contributed by atoms with Gasteiger partial charge in [-0.15, -0.1) is 0 Å². The number of pyridine rings is 1. The van der Waals surface area contributed by atoms with Gasteiger partial charge < -0.3 is 10.2 Å². The number of rotatable bonds is 6. The van der Waals surface area contributed by atoms with E-state index in [1.807, 2.05) is 45.0 Å². The molecule has 0 aliphatic carbocycles. The number of halogens is 1. The van der Waals surface area contributed by atoms with Crippen molar-refractivity contribution >= 4 is 50.2 Å². The standard InChI is InChI=1S/C28H28BrN7O3/c1-15-9-23(28(39)33-27-16(2)5-8-24(29)32-27)35(13-15)25(38)14-36-22-7-6-19(20-11-30-18(4)31-12-20)10-21(22)26(34-36)17(3)37/h5-8,10-12,15,23H,9,13-14H2,1-4H3,(H,32,33,39)/t15-,23-/m0/s1. The summed E-state index contributed by atoms with van der Waals surface area (Å²) in [5, 5.41) is 8.03. The summed E-state index contributed by atoms with van der Waals surface area (Å²) in [4.78, 5) is 53.7. The minimum atomic E-state index is -0.630. The highest BCUT2D eigenvalue weighted by Crippen LogP contribution is 2.28. The lowest BCUT2D eigenvalue weighted by Gasteiger charge is -2.24. The first kappa shape index (κ1) is 26.6. The monoisotopic (exact) mass is 589 g/mol. The van der Waals surface area contributed by atoms with E-state index < -0.39 is 6.04 Å². The summed E-state index contributed by atoms with van der Waals surface area (Å²) in [6.07, 6.45) is 4.01. The van der Waals surface area contributed by atoms with Gasteiger partial charge in [-0.25, -0.2) is 15.0 Å². The summed E-state index contributed by atoms with van der Waals surface area (Å²) in [7, 11) is 0. The Morgan fingerprint density at radius 3 is 2.54 bits per heavy atom. The molecule has 0 unspecified atom stereocenters. The number of aryl methyl sites for hydroxylation is 2. The van der Waals surface area contributed by atoms with Gasteiger partial charge in [0, 0.05) is 36.8 Å². The van der Waals surface area contributed by atoms with Crippen molar-refractivity contribution in [2.24, 2.45) is 5.92 Å². The van der Waals surface area contributed by atoms with E-state index in [9.17, 15) is 14.4 Å². The lowest BCUT2D eigenvalue weighted by molar-refractivity contribution is -0.137. The van der Waals surface area contributed by atoms with Gasteiger partial charge in [-0.3, -0.25) is 19.1 Å². The third-order valence-electron chi connectivity index (χ3n) is 6.92. The van der Waals surface area contributed by atoms with Crippen LogP contribution in [0, 0.1) is 19.8 Å². The van der Waals surface area contributed by atoms with Crippen molar-refractivity contribution in [2.45, 2.75) is 46.7 Å². The number of fused-ring (bicyclic) bond motifs is 1.